The van der Waals surface area contributed by atoms with Crippen LogP contribution < -0.4 is 10.2 Å². The Morgan fingerprint density at radius 3 is 2.72 bits per heavy atom. The average molecular weight is 250 g/mol. The molecule has 0 aromatic heterocycles. The molecule has 2 rings (SSSR count). The van der Waals surface area contributed by atoms with E-state index in [0.29, 0.717) is 6.42 Å². The van der Waals surface area contributed by atoms with Crippen molar-refractivity contribution in [2.45, 2.75) is 18.5 Å². The second kappa shape index (κ2) is 5.48. The van der Waals surface area contributed by atoms with Crippen molar-refractivity contribution in [3.05, 3.63) is 29.8 Å². The van der Waals surface area contributed by atoms with Crippen LogP contribution in [-0.4, -0.2) is 42.4 Å². The number of nitrogens with one attached hydrogen (secondary N) is 1. The molecule has 0 saturated heterocycles. The first kappa shape index (κ1) is 13.0. The van der Waals surface area contributed by atoms with Gasteiger partial charge in [-0.3, -0.25) is 4.79 Å². The number of carbonyl (C=O) groups excluding carboxylic acids is 1. The van der Waals surface area contributed by atoms with E-state index >= 15 is 0 Å². The summed E-state index contributed by atoms with van der Waals surface area (Å²) < 4.78 is 0. The number of benzene rings is 1. The second-order valence-electron chi connectivity index (χ2n) is 4.50. The van der Waals surface area contributed by atoms with E-state index in [1.807, 2.05) is 24.3 Å². The van der Waals surface area contributed by atoms with E-state index < -0.39 is 6.04 Å². The number of fused-ring (bicyclic) bond motifs is 1. The van der Waals surface area contributed by atoms with Gasteiger partial charge in [-0.05, 0) is 11.6 Å². The van der Waals surface area contributed by atoms with E-state index in [1.54, 1.807) is 11.9 Å². The molecular formula is C13H18N2O3. The van der Waals surface area contributed by atoms with Gasteiger partial charge in [0, 0.05) is 25.2 Å². The van der Waals surface area contributed by atoms with Gasteiger partial charge in [0.1, 0.15) is 0 Å². The highest BCUT2D eigenvalue weighted by atomic mass is 16.3. The highest BCUT2D eigenvalue weighted by Gasteiger charge is 2.29. The van der Waals surface area contributed by atoms with Crippen molar-refractivity contribution in [3.8, 4) is 0 Å². The van der Waals surface area contributed by atoms with Gasteiger partial charge in [0.25, 0.3) is 0 Å². The summed E-state index contributed by atoms with van der Waals surface area (Å²) in [5.74, 6) is 0.0285. The number of aliphatic hydroxyl groups is 2. The van der Waals surface area contributed by atoms with Crippen LogP contribution in [0, 0.1) is 0 Å². The van der Waals surface area contributed by atoms with Crippen molar-refractivity contribution >= 4 is 11.6 Å². The van der Waals surface area contributed by atoms with E-state index in [9.17, 15) is 4.79 Å². The molecule has 1 aromatic rings. The number of nitrogens with zero attached hydrogens (tertiary/aromatic N) is 1. The summed E-state index contributed by atoms with van der Waals surface area (Å²) in [5.41, 5.74) is 1.90. The Kier molecular flexibility index (Phi) is 3.96. The molecule has 0 aliphatic carbocycles. The van der Waals surface area contributed by atoms with Gasteiger partial charge in [0.15, 0.2) is 0 Å². The van der Waals surface area contributed by atoms with Gasteiger partial charge in [-0.15, -0.1) is 0 Å². The predicted molar refractivity (Wildman–Crippen MR) is 68.3 cm³/mol. The van der Waals surface area contributed by atoms with Crippen LogP contribution in [0.25, 0.3) is 0 Å². The van der Waals surface area contributed by atoms with Crippen LogP contribution in [0.5, 0.6) is 0 Å². The van der Waals surface area contributed by atoms with E-state index in [-0.39, 0.29) is 25.2 Å². The normalized spacial score (nSPS) is 19.2. The van der Waals surface area contributed by atoms with Crippen LogP contribution in [0.15, 0.2) is 24.3 Å². The van der Waals surface area contributed by atoms with Crippen molar-refractivity contribution in [2.75, 3.05) is 25.2 Å². The Labute approximate surface area is 106 Å². The lowest BCUT2D eigenvalue weighted by Gasteiger charge is -2.33. The molecule has 1 amide bonds. The molecule has 1 unspecified atom stereocenters. The molecule has 0 spiro atoms. The predicted octanol–water partition coefficient (Wildman–Crippen LogP) is 0.0370. The number of anilines is 1. The highest BCUT2D eigenvalue weighted by Crippen LogP contribution is 2.33. The second-order valence-corrected chi connectivity index (χ2v) is 4.50. The summed E-state index contributed by atoms with van der Waals surface area (Å²) in [4.78, 5) is 13.5. The van der Waals surface area contributed by atoms with E-state index in [0.717, 1.165) is 11.3 Å². The molecule has 1 atom stereocenters. The number of amides is 1. The van der Waals surface area contributed by atoms with Crippen molar-refractivity contribution in [2.24, 2.45) is 0 Å². The summed E-state index contributed by atoms with van der Waals surface area (Å²) in [6, 6.07) is 7.11. The van der Waals surface area contributed by atoms with E-state index in [1.165, 1.54) is 0 Å². The van der Waals surface area contributed by atoms with Crippen molar-refractivity contribution in [1.82, 2.24) is 5.32 Å². The molecule has 0 radical (unpaired) electrons. The summed E-state index contributed by atoms with van der Waals surface area (Å²) in [5, 5.41) is 21.3. The van der Waals surface area contributed by atoms with Crippen molar-refractivity contribution in [3.63, 3.8) is 0 Å². The van der Waals surface area contributed by atoms with Gasteiger partial charge in [0.2, 0.25) is 5.91 Å². The first-order valence-electron chi connectivity index (χ1n) is 6.00. The molecule has 18 heavy (non-hydrogen) atoms. The lowest BCUT2D eigenvalue weighted by atomic mass is 9.95. The average Bonchev–Trinajstić information content (AvgIpc) is 2.41. The SMILES string of the molecule is CN1C(=O)CC(NC(CO)CO)c2ccccc21. The third-order valence-electron chi connectivity index (χ3n) is 3.30. The fourth-order valence-electron chi connectivity index (χ4n) is 2.24. The maximum absolute atomic E-state index is 11.9. The zero-order chi connectivity index (χ0) is 13.1. The Bertz CT molecular complexity index is 432. The monoisotopic (exact) mass is 250 g/mol. The fourth-order valence-corrected chi connectivity index (χ4v) is 2.24. The molecule has 0 fully saturated rings. The van der Waals surface area contributed by atoms with Crippen molar-refractivity contribution < 1.29 is 15.0 Å². The standard InChI is InChI=1S/C13H18N2O3/c1-15-12-5-3-2-4-10(12)11(6-13(15)18)14-9(7-16)8-17/h2-5,9,11,14,16-17H,6-8H2,1H3. The molecule has 1 heterocycles. The Balaban J connectivity index is 2.27. The third-order valence-corrected chi connectivity index (χ3v) is 3.30. The molecule has 98 valence electrons. The largest absolute Gasteiger partial charge is 0.395 e. The number of hydrogen-bond acceptors (Lipinski definition) is 4. The Hall–Kier alpha value is -1.43. The molecule has 5 heteroatoms. The number of para-hydroxylation sites is 1. The maximum atomic E-state index is 11.9. The minimum atomic E-state index is -0.403. The zero-order valence-electron chi connectivity index (χ0n) is 10.3. The number of hydrogen-bond donors (Lipinski definition) is 3. The molecule has 5 nitrogen and oxygen atoms in total. The van der Waals surface area contributed by atoms with Gasteiger partial charge in [-0.2, -0.15) is 0 Å². The van der Waals surface area contributed by atoms with Crippen LogP contribution in [-0.2, 0) is 4.79 Å². The van der Waals surface area contributed by atoms with E-state index in [4.69, 9.17) is 10.2 Å². The molecule has 0 saturated carbocycles. The Morgan fingerprint density at radius 2 is 2.06 bits per heavy atom. The summed E-state index contributed by atoms with van der Waals surface area (Å²) in [7, 11) is 1.76. The smallest absolute Gasteiger partial charge is 0.228 e. The summed E-state index contributed by atoms with van der Waals surface area (Å²) >= 11 is 0. The lowest BCUT2D eigenvalue weighted by molar-refractivity contribution is -0.119. The first-order chi connectivity index (χ1) is 8.67. The van der Waals surface area contributed by atoms with Crippen LogP contribution in [0.2, 0.25) is 0 Å². The minimum Gasteiger partial charge on any atom is -0.395 e. The first-order valence-corrected chi connectivity index (χ1v) is 6.00. The third kappa shape index (κ3) is 2.38. The van der Waals surface area contributed by atoms with Crippen molar-refractivity contribution in [1.29, 1.82) is 0 Å². The molecule has 1 aromatic carbocycles. The number of rotatable bonds is 4. The van der Waals surface area contributed by atoms with E-state index in [2.05, 4.69) is 5.32 Å². The molecule has 1 aliphatic heterocycles. The van der Waals surface area contributed by atoms with Gasteiger partial charge in [0.05, 0.1) is 19.3 Å². The van der Waals surface area contributed by atoms with Crippen LogP contribution >= 0.6 is 0 Å². The van der Waals surface area contributed by atoms with Crippen LogP contribution in [0.3, 0.4) is 0 Å². The maximum Gasteiger partial charge on any atom is 0.228 e. The Morgan fingerprint density at radius 1 is 1.39 bits per heavy atom. The summed E-state index contributed by atoms with van der Waals surface area (Å²) in [6.07, 6.45) is 0.337. The van der Waals surface area contributed by atoms with Gasteiger partial charge in [-0.25, -0.2) is 0 Å². The van der Waals surface area contributed by atoms with Gasteiger partial charge >= 0.3 is 0 Å². The quantitative estimate of drug-likeness (QED) is 0.705. The summed E-state index contributed by atoms with van der Waals surface area (Å²) in [6.45, 7) is -0.307. The highest BCUT2D eigenvalue weighted by molar-refractivity contribution is 5.96. The molecule has 1 aliphatic rings. The zero-order valence-corrected chi connectivity index (χ0v) is 10.3. The van der Waals surface area contributed by atoms with Crippen LogP contribution in [0.4, 0.5) is 5.69 Å². The van der Waals surface area contributed by atoms with Gasteiger partial charge < -0.3 is 20.4 Å². The fraction of sp³-hybridized carbons (Fsp3) is 0.462. The van der Waals surface area contributed by atoms with Crippen LogP contribution in [0.1, 0.15) is 18.0 Å². The number of carbonyl (C=O) groups is 1. The molecule has 3 N–H and O–H groups in total. The number of aliphatic hydroxyl groups excluding tert-OH is 2. The lowest BCUT2D eigenvalue weighted by Crippen LogP contribution is -2.44. The molecular weight excluding hydrogens is 232 g/mol. The topological polar surface area (TPSA) is 72.8 Å². The molecule has 0 bridgehead atoms. The van der Waals surface area contributed by atoms with Gasteiger partial charge in [-0.1, -0.05) is 18.2 Å². The minimum absolute atomic E-state index is 0.0285.